The van der Waals surface area contributed by atoms with Gasteiger partial charge in [-0.3, -0.25) is 15.1 Å². The lowest BCUT2D eigenvalue weighted by molar-refractivity contribution is -0.383. The van der Waals surface area contributed by atoms with Gasteiger partial charge in [-0.1, -0.05) is 26.7 Å². The van der Waals surface area contributed by atoms with Crippen LogP contribution in [0.2, 0.25) is 0 Å². The van der Waals surface area contributed by atoms with Crippen molar-refractivity contribution in [2.45, 2.75) is 33.1 Å². The lowest BCUT2D eigenvalue weighted by Gasteiger charge is -2.10. The molecule has 21 heavy (non-hydrogen) atoms. The van der Waals surface area contributed by atoms with Gasteiger partial charge in [0.1, 0.15) is 5.52 Å². The first kappa shape index (κ1) is 15.2. The van der Waals surface area contributed by atoms with E-state index in [9.17, 15) is 10.1 Å². The third-order valence-electron chi connectivity index (χ3n) is 3.47. The number of pyridine rings is 1. The number of anilines is 1. The van der Waals surface area contributed by atoms with Gasteiger partial charge in [-0.25, -0.2) is 0 Å². The first-order valence-electron chi connectivity index (χ1n) is 7.35. The zero-order valence-electron chi connectivity index (χ0n) is 12.5. The minimum atomic E-state index is -0.365. The Kier molecular flexibility index (Phi) is 5.09. The SMILES string of the molecule is CC(C)CCCCNc1ccc([N+](=O)[O-])c2cccnc12. The lowest BCUT2D eigenvalue weighted by atomic mass is 10.1. The van der Waals surface area contributed by atoms with Crippen molar-refractivity contribution in [3.8, 4) is 0 Å². The Balaban J connectivity index is 2.11. The molecule has 1 N–H and O–H groups in total. The minimum absolute atomic E-state index is 0.100. The average Bonchev–Trinajstić information content (AvgIpc) is 2.46. The Hall–Kier alpha value is -2.17. The number of rotatable bonds is 7. The van der Waals surface area contributed by atoms with Crippen LogP contribution in [0.4, 0.5) is 11.4 Å². The van der Waals surface area contributed by atoms with E-state index in [0.29, 0.717) is 10.9 Å². The molecular formula is C16H21N3O2. The van der Waals surface area contributed by atoms with Crippen molar-refractivity contribution >= 4 is 22.3 Å². The third kappa shape index (κ3) is 3.90. The summed E-state index contributed by atoms with van der Waals surface area (Å²) in [6.07, 6.45) is 5.16. The van der Waals surface area contributed by atoms with Crippen molar-refractivity contribution in [3.63, 3.8) is 0 Å². The number of nitrogens with one attached hydrogen (secondary N) is 1. The Morgan fingerprint density at radius 2 is 2.10 bits per heavy atom. The van der Waals surface area contributed by atoms with Crippen molar-refractivity contribution in [1.29, 1.82) is 0 Å². The van der Waals surface area contributed by atoms with Crippen molar-refractivity contribution in [2.75, 3.05) is 11.9 Å². The number of hydrogen-bond acceptors (Lipinski definition) is 4. The largest absolute Gasteiger partial charge is 0.383 e. The van der Waals surface area contributed by atoms with Gasteiger partial charge in [0, 0.05) is 18.8 Å². The maximum Gasteiger partial charge on any atom is 0.278 e. The molecular weight excluding hydrogens is 266 g/mol. The van der Waals surface area contributed by atoms with E-state index in [4.69, 9.17) is 0 Å². The van der Waals surface area contributed by atoms with Crippen molar-refractivity contribution in [2.24, 2.45) is 5.92 Å². The number of aromatic nitrogens is 1. The summed E-state index contributed by atoms with van der Waals surface area (Å²) >= 11 is 0. The molecule has 0 radical (unpaired) electrons. The van der Waals surface area contributed by atoms with Gasteiger partial charge in [-0.2, -0.15) is 0 Å². The predicted molar refractivity (Wildman–Crippen MR) is 85.6 cm³/mol. The van der Waals surface area contributed by atoms with Gasteiger partial charge in [0.15, 0.2) is 0 Å². The monoisotopic (exact) mass is 287 g/mol. The molecule has 5 heteroatoms. The second-order valence-electron chi connectivity index (χ2n) is 5.61. The molecule has 0 aliphatic carbocycles. The van der Waals surface area contributed by atoms with Crippen LogP contribution in [0.5, 0.6) is 0 Å². The van der Waals surface area contributed by atoms with Gasteiger partial charge in [0.05, 0.1) is 16.0 Å². The predicted octanol–water partition coefficient (Wildman–Crippen LogP) is 4.38. The van der Waals surface area contributed by atoms with Crippen LogP contribution in [0.1, 0.15) is 33.1 Å². The fraction of sp³-hybridized carbons (Fsp3) is 0.438. The van der Waals surface area contributed by atoms with Gasteiger partial charge in [-0.15, -0.1) is 0 Å². The smallest absolute Gasteiger partial charge is 0.278 e. The van der Waals surface area contributed by atoms with E-state index in [2.05, 4.69) is 24.1 Å². The third-order valence-corrected chi connectivity index (χ3v) is 3.47. The highest BCUT2D eigenvalue weighted by Crippen LogP contribution is 2.29. The van der Waals surface area contributed by atoms with Crippen molar-refractivity contribution in [1.82, 2.24) is 4.98 Å². The first-order valence-corrected chi connectivity index (χ1v) is 7.35. The second kappa shape index (κ2) is 7.02. The van der Waals surface area contributed by atoms with E-state index in [1.165, 1.54) is 12.8 Å². The standard InChI is InChI=1S/C16H21N3O2/c1-12(2)6-3-4-10-17-14-8-9-15(19(20)21)13-7-5-11-18-16(13)14/h5,7-9,11-12,17H,3-4,6,10H2,1-2H3. The van der Waals surface area contributed by atoms with E-state index < -0.39 is 0 Å². The van der Waals surface area contributed by atoms with E-state index in [0.717, 1.165) is 24.6 Å². The summed E-state index contributed by atoms with van der Waals surface area (Å²) in [5.41, 5.74) is 1.62. The number of benzene rings is 1. The van der Waals surface area contributed by atoms with Crippen LogP contribution in [0.3, 0.4) is 0 Å². The zero-order valence-corrected chi connectivity index (χ0v) is 12.5. The molecule has 0 fully saturated rings. The summed E-state index contributed by atoms with van der Waals surface area (Å²) in [5, 5.41) is 15.0. The van der Waals surface area contributed by atoms with Gasteiger partial charge >= 0.3 is 0 Å². The number of hydrogen-bond donors (Lipinski definition) is 1. The highest BCUT2D eigenvalue weighted by Gasteiger charge is 2.14. The molecule has 0 unspecified atom stereocenters. The zero-order chi connectivity index (χ0) is 15.2. The number of nitro groups is 1. The topological polar surface area (TPSA) is 68.1 Å². The van der Waals surface area contributed by atoms with Gasteiger partial charge in [-0.05, 0) is 30.5 Å². The quantitative estimate of drug-likeness (QED) is 0.466. The van der Waals surface area contributed by atoms with Crippen LogP contribution in [0.25, 0.3) is 10.9 Å². The molecule has 0 atom stereocenters. The molecule has 1 aromatic heterocycles. The summed E-state index contributed by atoms with van der Waals surface area (Å²) in [6.45, 7) is 5.30. The summed E-state index contributed by atoms with van der Waals surface area (Å²) in [4.78, 5) is 15.0. The van der Waals surface area contributed by atoms with E-state index in [1.807, 2.05) is 0 Å². The number of non-ortho nitro benzene ring substituents is 1. The Morgan fingerprint density at radius 1 is 1.29 bits per heavy atom. The van der Waals surface area contributed by atoms with Crippen LogP contribution in [0, 0.1) is 16.0 Å². The van der Waals surface area contributed by atoms with Gasteiger partial charge < -0.3 is 5.32 Å². The maximum atomic E-state index is 11.0. The normalized spacial score (nSPS) is 11.0. The Bertz CT molecular complexity index is 626. The van der Waals surface area contributed by atoms with Crippen LogP contribution >= 0.6 is 0 Å². The second-order valence-corrected chi connectivity index (χ2v) is 5.61. The molecule has 2 aromatic rings. The highest BCUT2D eigenvalue weighted by molar-refractivity contribution is 5.96. The number of nitro benzene ring substituents is 1. The summed E-state index contributed by atoms with van der Waals surface area (Å²) in [5.74, 6) is 0.729. The molecule has 0 amide bonds. The maximum absolute atomic E-state index is 11.0. The minimum Gasteiger partial charge on any atom is -0.383 e. The average molecular weight is 287 g/mol. The van der Waals surface area contributed by atoms with Gasteiger partial charge in [0.2, 0.25) is 0 Å². The molecule has 112 valence electrons. The molecule has 1 aromatic carbocycles. The molecule has 0 saturated carbocycles. The van der Waals surface area contributed by atoms with Crippen LogP contribution in [-0.2, 0) is 0 Å². The van der Waals surface area contributed by atoms with Crippen LogP contribution in [0.15, 0.2) is 30.5 Å². The van der Waals surface area contributed by atoms with E-state index in [1.54, 1.807) is 30.5 Å². The molecule has 0 aliphatic heterocycles. The fourth-order valence-corrected chi connectivity index (χ4v) is 2.36. The number of fused-ring (bicyclic) bond motifs is 1. The molecule has 5 nitrogen and oxygen atoms in total. The number of unbranched alkanes of at least 4 members (excludes halogenated alkanes) is 1. The molecule has 0 bridgehead atoms. The summed E-state index contributed by atoms with van der Waals surface area (Å²) in [7, 11) is 0. The van der Waals surface area contributed by atoms with E-state index >= 15 is 0 Å². The molecule has 1 heterocycles. The molecule has 0 saturated heterocycles. The fourth-order valence-electron chi connectivity index (χ4n) is 2.36. The summed E-state index contributed by atoms with van der Waals surface area (Å²) < 4.78 is 0. The molecule has 0 aliphatic rings. The van der Waals surface area contributed by atoms with Crippen molar-refractivity contribution in [3.05, 3.63) is 40.6 Å². The van der Waals surface area contributed by atoms with Crippen LogP contribution < -0.4 is 5.32 Å². The summed E-state index contributed by atoms with van der Waals surface area (Å²) in [6, 6.07) is 6.75. The number of nitrogens with zero attached hydrogens (tertiary/aromatic N) is 2. The first-order chi connectivity index (χ1) is 10.1. The van der Waals surface area contributed by atoms with Gasteiger partial charge in [0.25, 0.3) is 5.69 Å². The van der Waals surface area contributed by atoms with E-state index in [-0.39, 0.29) is 10.6 Å². The van der Waals surface area contributed by atoms with Crippen molar-refractivity contribution < 1.29 is 4.92 Å². The highest BCUT2D eigenvalue weighted by atomic mass is 16.6. The molecule has 2 rings (SSSR count). The Labute approximate surface area is 124 Å². The lowest BCUT2D eigenvalue weighted by Crippen LogP contribution is -2.04. The van der Waals surface area contributed by atoms with Crippen LogP contribution in [-0.4, -0.2) is 16.5 Å². The molecule has 0 spiro atoms. The Morgan fingerprint density at radius 3 is 2.81 bits per heavy atom.